The van der Waals surface area contributed by atoms with Crippen LogP contribution in [0, 0.1) is 5.92 Å². The maximum absolute atomic E-state index is 5.52. The molecular formula is C16H35IN4O2. The molecule has 0 saturated carbocycles. The number of nitrogens with zero attached hydrogens (tertiary/aromatic N) is 2. The van der Waals surface area contributed by atoms with Crippen molar-refractivity contribution >= 4 is 29.9 Å². The second kappa shape index (κ2) is 15.4. The van der Waals surface area contributed by atoms with E-state index in [-0.39, 0.29) is 24.0 Å². The van der Waals surface area contributed by atoms with Gasteiger partial charge in [0.2, 0.25) is 0 Å². The topological polar surface area (TPSA) is 58.1 Å². The van der Waals surface area contributed by atoms with Gasteiger partial charge in [0.25, 0.3) is 0 Å². The van der Waals surface area contributed by atoms with Crippen LogP contribution < -0.4 is 10.6 Å². The molecule has 0 amide bonds. The summed E-state index contributed by atoms with van der Waals surface area (Å²) in [6.07, 6.45) is 3.57. The van der Waals surface area contributed by atoms with E-state index >= 15 is 0 Å². The predicted octanol–water partition coefficient (Wildman–Crippen LogP) is 1.55. The SMILES string of the molecule is CCCCOCCOCCNC(=NC)NCC1CCN(C)C1.I. The van der Waals surface area contributed by atoms with Gasteiger partial charge in [-0.05, 0) is 32.4 Å². The van der Waals surface area contributed by atoms with Crippen molar-refractivity contribution in [2.75, 3.05) is 66.7 Å². The van der Waals surface area contributed by atoms with Crippen LogP contribution in [0.2, 0.25) is 0 Å². The highest BCUT2D eigenvalue weighted by Crippen LogP contribution is 2.12. The van der Waals surface area contributed by atoms with Crippen molar-refractivity contribution < 1.29 is 9.47 Å². The lowest BCUT2D eigenvalue weighted by Gasteiger charge is -2.15. The number of halogens is 1. The Balaban J connectivity index is 0.00000484. The van der Waals surface area contributed by atoms with Crippen molar-refractivity contribution in [3.63, 3.8) is 0 Å². The van der Waals surface area contributed by atoms with Gasteiger partial charge >= 0.3 is 0 Å². The zero-order chi connectivity index (χ0) is 16.0. The summed E-state index contributed by atoms with van der Waals surface area (Å²) in [5, 5.41) is 6.66. The third-order valence-electron chi connectivity index (χ3n) is 3.82. The molecule has 1 unspecified atom stereocenters. The molecule has 23 heavy (non-hydrogen) atoms. The van der Waals surface area contributed by atoms with E-state index in [0.29, 0.717) is 19.8 Å². The number of ether oxygens (including phenoxy) is 2. The lowest BCUT2D eigenvalue weighted by molar-refractivity contribution is 0.0487. The number of hydrogen-bond donors (Lipinski definition) is 2. The summed E-state index contributed by atoms with van der Waals surface area (Å²) < 4.78 is 11.0. The number of nitrogens with one attached hydrogen (secondary N) is 2. The zero-order valence-corrected chi connectivity index (χ0v) is 17.3. The summed E-state index contributed by atoms with van der Waals surface area (Å²) in [7, 11) is 3.98. The van der Waals surface area contributed by atoms with E-state index in [4.69, 9.17) is 9.47 Å². The zero-order valence-electron chi connectivity index (χ0n) is 15.0. The van der Waals surface area contributed by atoms with Gasteiger partial charge in [0.15, 0.2) is 5.96 Å². The number of aliphatic imine (C=N–C) groups is 1. The lowest BCUT2D eigenvalue weighted by atomic mass is 10.1. The van der Waals surface area contributed by atoms with Crippen molar-refractivity contribution in [1.29, 1.82) is 0 Å². The van der Waals surface area contributed by atoms with Crippen LogP contribution in [0.1, 0.15) is 26.2 Å². The fourth-order valence-corrected chi connectivity index (χ4v) is 2.46. The van der Waals surface area contributed by atoms with Crippen LogP contribution in [0.3, 0.4) is 0 Å². The molecule has 6 nitrogen and oxygen atoms in total. The van der Waals surface area contributed by atoms with E-state index in [2.05, 4.69) is 34.5 Å². The quantitative estimate of drug-likeness (QED) is 0.220. The summed E-state index contributed by atoms with van der Waals surface area (Å²) in [6, 6.07) is 0. The predicted molar refractivity (Wildman–Crippen MR) is 107 cm³/mol. The Morgan fingerprint density at radius 1 is 1.17 bits per heavy atom. The molecule has 1 rings (SSSR count). The first-order valence-corrected chi connectivity index (χ1v) is 8.54. The number of hydrogen-bond acceptors (Lipinski definition) is 4. The van der Waals surface area contributed by atoms with Crippen molar-refractivity contribution in [2.45, 2.75) is 26.2 Å². The van der Waals surface area contributed by atoms with Crippen molar-refractivity contribution in [3.05, 3.63) is 0 Å². The summed E-state index contributed by atoms with van der Waals surface area (Å²) in [6.45, 7) is 9.13. The van der Waals surface area contributed by atoms with Gasteiger partial charge in [0, 0.05) is 33.3 Å². The molecule has 2 N–H and O–H groups in total. The molecule has 7 heteroatoms. The van der Waals surface area contributed by atoms with Crippen molar-refractivity contribution in [3.8, 4) is 0 Å². The van der Waals surface area contributed by atoms with Crippen LogP contribution in [0.4, 0.5) is 0 Å². The highest BCUT2D eigenvalue weighted by Gasteiger charge is 2.19. The van der Waals surface area contributed by atoms with Gasteiger partial charge in [0.05, 0.1) is 19.8 Å². The molecule has 1 aliphatic heterocycles. The van der Waals surface area contributed by atoms with E-state index in [0.717, 1.165) is 38.0 Å². The number of unbranched alkanes of at least 4 members (excludes halogenated alkanes) is 1. The Hall–Kier alpha value is -0.120. The Morgan fingerprint density at radius 2 is 1.91 bits per heavy atom. The van der Waals surface area contributed by atoms with E-state index in [1.807, 2.05) is 0 Å². The summed E-state index contributed by atoms with van der Waals surface area (Å²) in [5.74, 6) is 1.58. The van der Waals surface area contributed by atoms with E-state index in [1.54, 1.807) is 7.05 Å². The van der Waals surface area contributed by atoms with Gasteiger partial charge in [-0.15, -0.1) is 24.0 Å². The molecule has 1 fully saturated rings. The normalized spacial score (nSPS) is 18.7. The van der Waals surface area contributed by atoms with Gasteiger partial charge in [-0.1, -0.05) is 13.3 Å². The van der Waals surface area contributed by atoms with Crippen molar-refractivity contribution in [1.82, 2.24) is 15.5 Å². The fourth-order valence-electron chi connectivity index (χ4n) is 2.46. The molecule has 0 bridgehead atoms. The van der Waals surface area contributed by atoms with Gasteiger partial charge in [-0.3, -0.25) is 4.99 Å². The first kappa shape index (κ1) is 22.9. The van der Waals surface area contributed by atoms with Crippen LogP contribution in [0.25, 0.3) is 0 Å². The average Bonchev–Trinajstić information content (AvgIpc) is 2.94. The smallest absolute Gasteiger partial charge is 0.191 e. The molecule has 1 aliphatic rings. The standard InChI is InChI=1S/C16H34N4O2.HI/c1-4-5-9-21-11-12-22-10-7-18-16(17-2)19-13-15-6-8-20(3)14-15;/h15H,4-14H2,1-3H3,(H2,17,18,19);1H. The summed E-state index contributed by atoms with van der Waals surface area (Å²) in [4.78, 5) is 6.61. The molecule has 138 valence electrons. The maximum atomic E-state index is 5.52. The molecule has 0 aromatic rings. The number of rotatable bonds is 11. The van der Waals surface area contributed by atoms with Crippen LogP contribution >= 0.6 is 24.0 Å². The summed E-state index contributed by atoms with van der Waals surface area (Å²) in [5.41, 5.74) is 0. The van der Waals surface area contributed by atoms with Gasteiger partial charge in [0.1, 0.15) is 0 Å². The first-order chi connectivity index (χ1) is 10.8. The maximum Gasteiger partial charge on any atom is 0.191 e. The summed E-state index contributed by atoms with van der Waals surface area (Å²) >= 11 is 0. The second-order valence-corrected chi connectivity index (χ2v) is 5.88. The van der Waals surface area contributed by atoms with E-state index in [9.17, 15) is 0 Å². The molecule has 1 saturated heterocycles. The fraction of sp³-hybridized carbons (Fsp3) is 0.938. The third kappa shape index (κ3) is 12.0. The molecule has 0 spiro atoms. The third-order valence-corrected chi connectivity index (χ3v) is 3.82. The van der Waals surface area contributed by atoms with E-state index in [1.165, 1.54) is 25.9 Å². The lowest BCUT2D eigenvalue weighted by Crippen LogP contribution is -2.41. The molecule has 0 aromatic heterocycles. The minimum absolute atomic E-state index is 0. The Bertz CT molecular complexity index is 306. The monoisotopic (exact) mass is 442 g/mol. The molecule has 0 aliphatic carbocycles. The van der Waals surface area contributed by atoms with Gasteiger partial charge in [-0.2, -0.15) is 0 Å². The average molecular weight is 442 g/mol. The van der Waals surface area contributed by atoms with Crippen LogP contribution in [-0.2, 0) is 9.47 Å². The molecule has 1 atom stereocenters. The highest BCUT2D eigenvalue weighted by molar-refractivity contribution is 14.0. The molecular weight excluding hydrogens is 407 g/mol. The highest BCUT2D eigenvalue weighted by atomic mass is 127. The van der Waals surface area contributed by atoms with Gasteiger partial charge < -0.3 is 25.0 Å². The molecule has 0 aromatic carbocycles. The second-order valence-electron chi connectivity index (χ2n) is 5.88. The number of guanidine groups is 1. The Kier molecular flexibility index (Phi) is 15.3. The molecule has 1 heterocycles. The van der Waals surface area contributed by atoms with Crippen LogP contribution in [0.5, 0.6) is 0 Å². The van der Waals surface area contributed by atoms with Crippen LogP contribution in [0.15, 0.2) is 4.99 Å². The Labute approximate surface area is 158 Å². The first-order valence-electron chi connectivity index (χ1n) is 8.54. The molecule has 0 radical (unpaired) electrons. The van der Waals surface area contributed by atoms with Gasteiger partial charge in [-0.25, -0.2) is 0 Å². The Morgan fingerprint density at radius 3 is 2.52 bits per heavy atom. The van der Waals surface area contributed by atoms with Crippen molar-refractivity contribution in [2.24, 2.45) is 10.9 Å². The number of likely N-dealkylation sites (tertiary alicyclic amines) is 1. The van der Waals surface area contributed by atoms with Crippen LogP contribution in [-0.4, -0.2) is 77.6 Å². The largest absolute Gasteiger partial charge is 0.379 e. The minimum Gasteiger partial charge on any atom is -0.379 e. The van der Waals surface area contributed by atoms with E-state index < -0.39 is 0 Å². The minimum atomic E-state index is 0.